The number of allylic oxidation sites excluding steroid dienone is 1. The van der Waals surface area contributed by atoms with Gasteiger partial charge >= 0.3 is 5.97 Å². The molecule has 1 aliphatic heterocycles. The molecule has 3 aromatic rings. The predicted octanol–water partition coefficient (Wildman–Crippen LogP) is 5.19. The number of fused-ring (bicyclic) bond motifs is 1. The number of carbonyl (C=O) groups is 2. The number of hydrogen-bond donors (Lipinski definition) is 0. The molecule has 0 radical (unpaired) electrons. The molecule has 0 amide bonds. The summed E-state index contributed by atoms with van der Waals surface area (Å²) in [6, 6.07) is 12.1. The zero-order chi connectivity index (χ0) is 22.7. The van der Waals surface area contributed by atoms with E-state index in [1.807, 2.05) is 31.2 Å². The van der Waals surface area contributed by atoms with Crippen LogP contribution >= 0.6 is 11.6 Å². The van der Waals surface area contributed by atoms with E-state index in [0.29, 0.717) is 47.2 Å². The first-order chi connectivity index (χ1) is 15.4. The lowest BCUT2D eigenvalue weighted by Gasteiger charge is -2.07. The van der Waals surface area contributed by atoms with Crippen LogP contribution in [-0.4, -0.2) is 23.5 Å². The lowest BCUT2D eigenvalue weighted by molar-refractivity contribution is -0.134. The van der Waals surface area contributed by atoms with Gasteiger partial charge in [-0.3, -0.25) is 9.59 Å². The Labute approximate surface area is 189 Å². The van der Waals surface area contributed by atoms with Crippen molar-refractivity contribution in [1.82, 2.24) is 5.16 Å². The van der Waals surface area contributed by atoms with E-state index in [1.54, 1.807) is 31.2 Å². The van der Waals surface area contributed by atoms with Gasteiger partial charge in [0.15, 0.2) is 10.9 Å². The average Bonchev–Trinajstić information content (AvgIpc) is 3.31. The van der Waals surface area contributed by atoms with Gasteiger partial charge in [-0.05, 0) is 37.6 Å². The van der Waals surface area contributed by atoms with Gasteiger partial charge in [0.25, 0.3) is 0 Å². The van der Waals surface area contributed by atoms with E-state index in [9.17, 15) is 9.59 Å². The molecule has 0 saturated heterocycles. The Morgan fingerprint density at radius 3 is 2.78 bits per heavy atom. The zero-order valence-electron chi connectivity index (χ0n) is 17.5. The monoisotopic (exact) mass is 453 g/mol. The molecule has 0 spiro atoms. The van der Waals surface area contributed by atoms with Crippen LogP contribution in [0, 0.1) is 6.92 Å². The number of hydrogen-bond acceptors (Lipinski definition) is 7. The summed E-state index contributed by atoms with van der Waals surface area (Å²) < 4.78 is 21.8. The van der Waals surface area contributed by atoms with Gasteiger partial charge in [-0.2, -0.15) is 0 Å². The number of carbonyl (C=O) groups excluding carboxylic acids is 2. The molecule has 0 fully saturated rings. The summed E-state index contributed by atoms with van der Waals surface area (Å²) in [6.45, 7) is 4.17. The molecule has 32 heavy (non-hydrogen) atoms. The number of rotatable bonds is 7. The number of para-hydroxylation sites is 1. The summed E-state index contributed by atoms with van der Waals surface area (Å²) in [4.78, 5) is 25.1. The molecule has 2 heterocycles. The van der Waals surface area contributed by atoms with Crippen LogP contribution in [-0.2, 0) is 11.2 Å². The van der Waals surface area contributed by atoms with Crippen molar-refractivity contribution in [1.29, 1.82) is 0 Å². The van der Waals surface area contributed by atoms with Crippen molar-refractivity contribution in [2.45, 2.75) is 26.7 Å². The summed E-state index contributed by atoms with van der Waals surface area (Å²) >= 11 is 5.70. The maximum Gasteiger partial charge on any atom is 0.311 e. The minimum atomic E-state index is -0.456. The normalized spacial score (nSPS) is 13.7. The Balaban J connectivity index is 1.50. The van der Waals surface area contributed by atoms with Crippen molar-refractivity contribution in [2.24, 2.45) is 0 Å². The zero-order valence-corrected chi connectivity index (χ0v) is 18.3. The van der Waals surface area contributed by atoms with Crippen LogP contribution in [0.5, 0.6) is 17.2 Å². The van der Waals surface area contributed by atoms with Gasteiger partial charge in [-0.15, -0.1) is 0 Å². The molecule has 0 atom stereocenters. The Morgan fingerprint density at radius 1 is 1.22 bits per heavy atom. The maximum atomic E-state index is 12.9. The highest BCUT2D eigenvalue weighted by atomic mass is 35.5. The van der Waals surface area contributed by atoms with Crippen LogP contribution in [0.25, 0.3) is 6.08 Å². The maximum absolute atomic E-state index is 12.9. The molecule has 1 aromatic heterocycles. The number of ketones is 1. The molecule has 1 aliphatic rings. The summed E-state index contributed by atoms with van der Waals surface area (Å²) in [5.41, 5.74) is 1.84. The van der Waals surface area contributed by atoms with Crippen molar-refractivity contribution in [3.8, 4) is 17.2 Å². The van der Waals surface area contributed by atoms with Crippen molar-refractivity contribution in [3.05, 3.63) is 75.8 Å². The molecular formula is C24H20ClNO6. The van der Waals surface area contributed by atoms with Crippen molar-refractivity contribution >= 4 is 29.4 Å². The number of aryl methyl sites for hydroxylation is 2. The Bertz CT molecular complexity index is 1210. The molecule has 0 saturated carbocycles. The van der Waals surface area contributed by atoms with Crippen LogP contribution in [0.15, 0.2) is 52.7 Å². The predicted molar refractivity (Wildman–Crippen MR) is 117 cm³/mol. The molecule has 8 heteroatoms. The lowest BCUT2D eigenvalue weighted by Crippen LogP contribution is -2.09. The van der Waals surface area contributed by atoms with E-state index in [0.717, 1.165) is 5.56 Å². The largest absolute Gasteiger partial charge is 0.493 e. The summed E-state index contributed by atoms with van der Waals surface area (Å²) in [6.07, 6.45) is 2.05. The lowest BCUT2D eigenvalue weighted by atomic mass is 10.0. The first-order valence-electron chi connectivity index (χ1n) is 10.1. The Morgan fingerprint density at radius 2 is 2.03 bits per heavy atom. The molecular weight excluding hydrogens is 434 g/mol. The van der Waals surface area contributed by atoms with E-state index >= 15 is 0 Å². The number of nitrogens with zero attached hydrogens (tertiary/aromatic N) is 1. The fourth-order valence-electron chi connectivity index (χ4n) is 3.38. The standard InChI is InChI=1S/C24H20ClNO6/c1-3-29-18-7-5-4-6-15(18)11-20-24(28)23-14(2)10-17(12-19(23)31-20)30-22(27)9-8-16-13-21(25)26-32-16/h4-7,10-13H,3,8-9H2,1-2H3/b20-11-. The molecule has 0 N–H and O–H groups in total. The first kappa shape index (κ1) is 21.6. The number of Topliss-reactive ketones (excluding diaryl/α,β-unsaturated/α-hetero) is 1. The SMILES string of the molecule is CCOc1ccccc1/C=C1\Oc2cc(OC(=O)CCc3cc(Cl)no3)cc(C)c2C1=O. The fraction of sp³-hybridized carbons (Fsp3) is 0.208. The van der Waals surface area contributed by atoms with Gasteiger partial charge in [0.1, 0.15) is 23.0 Å². The highest BCUT2D eigenvalue weighted by Crippen LogP contribution is 2.38. The number of aromatic nitrogens is 1. The average molecular weight is 454 g/mol. The third-order valence-corrected chi connectivity index (χ3v) is 4.96. The van der Waals surface area contributed by atoms with Gasteiger partial charge in [0, 0.05) is 24.1 Å². The van der Waals surface area contributed by atoms with E-state index in [-0.39, 0.29) is 23.1 Å². The summed E-state index contributed by atoms with van der Waals surface area (Å²) in [5.74, 6) is 1.29. The molecule has 164 valence electrons. The molecule has 4 rings (SSSR count). The second kappa shape index (κ2) is 9.28. The minimum absolute atomic E-state index is 0.0841. The Kier molecular flexibility index (Phi) is 6.28. The van der Waals surface area contributed by atoms with Gasteiger partial charge < -0.3 is 18.7 Å². The summed E-state index contributed by atoms with van der Waals surface area (Å²) in [5, 5.41) is 3.80. The van der Waals surface area contributed by atoms with E-state index in [2.05, 4.69) is 5.16 Å². The van der Waals surface area contributed by atoms with E-state index in [4.69, 9.17) is 30.3 Å². The molecule has 2 aromatic carbocycles. The summed E-state index contributed by atoms with van der Waals surface area (Å²) in [7, 11) is 0. The Hall–Kier alpha value is -3.58. The topological polar surface area (TPSA) is 87.9 Å². The van der Waals surface area contributed by atoms with Crippen LogP contribution in [0.1, 0.15) is 40.6 Å². The van der Waals surface area contributed by atoms with Crippen molar-refractivity contribution < 1.29 is 28.3 Å². The van der Waals surface area contributed by atoms with Crippen LogP contribution in [0.3, 0.4) is 0 Å². The van der Waals surface area contributed by atoms with Gasteiger partial charge in [0.05, 0.1) is 18.6 Å². The van der Waals surface area contributed by atoms with Gasteiger partial charge in [0.2, 0.25) is 5.78 Å². The fourth-order valence-corrected chi connectivity index (χ4v) is 3.53. The molecule has 7 nitrogen and oxygen atoms in total. The smallest absolute Gasteiger partial charge is 0.311 e. The quantitative estimate of drug-likeness (QED) is 0.276. The minimum Gasteiger partial charge on any atom is -0.493 e. The number of halogens is 1. The third kappa shape index (κ3) is 4.68. The highest BCUT2D eigenvalue weighted by Gasteiger charge is 2.30. The van der Waals surface area contributed by atoms with E-state index < -0.39 is 5.97 Å². The van der Waals surface area contributed by atoms with Crippen molar-refractivity contribution in [2.75, 3.05) is 6.61 Å². The second-order valence-corrected chi connectivity index (χ2v) is 7.50. The number of esters is 1. The first-order valence-corrected chi connectivity index (χ1v) is 10.4. The molecule has 0 aliphatic carbocycles. The number of ether oxygens (including phenoxy) is 3. The highest BCUT2D eigenvalue weighted by molar-refractivity contribution is 6.29. The second-order valence-electron chi connectivity index (χ2n) is 7.11. The van der Waals surface area contributed by atoms with Crippen LogP contribution in [0.4, 0.5) is 0 Å². The van der Waals surface area contributed by atoms with Crippen molar-refractivity contribution in [3.63, 3.8) is 0 Å². The third-order valence-electron chi connectivity index (χ3n) is 4.79. The van der Waals surface area contributed by atoms with Gasteiger partial charge in [-0.1, -0.05) is 35.0 Å². The van der Waals surface area contributed by atoms with Gasteiger partial charge in [-0.25, -0.2) is 0 Å². The molecule has 0 unspecified atom stereocenters. The van der Waals surface area contributed by atoms with Crippen LogP contribution in [0.2, 0.25) is 5.15 Å². The van der Waals surface area contributed by atoms with Crippen LogP contribution < -0.4 is 14.2 Å². The van der Waals surface area contributed by atoms with E-state index in [1.165, 1.54) is 0 Å². The number of benzene rings is 2. The molecule has 0 bridgehead atoms.